The Kier molecular flexibility index (Phi) is 3.64. The van der Waals surface area contributed by atoms with Gasteiger partial charge in [-0.2, -0.15) is 0 Å². The molecule has 2 rings (SSSR count). The van der Waals surface area contributed by atoms with E-state index in [4.69, 9.17) is 11.6 Å². The maximum Gasteiger partial charge on any atom is 0.267 e. The molecule has 2 N–H and O–H groups in total. The number of anilines is 1. The van der Waals surface area contributed by atoms with Crippen molar-refractivity contribution in [3.05, 3.63) is 57.5 Å². The molecule has 0 unspecified atom stereocenters. The van der Waals surface area contributed by atoms with Crippen LogP contribution >= 0.6 is 11.6 Å². The second-order valence-electron chi connectivity index (χ2n) is 3.94. The average molecular weight is 299 g/mol. The van der Waals surface area contributed by atoms with Gasteiger partial charge in [0.05, 0.1) is 5.69 Å². The predicted molar refractivity (Wildman–Crippen MR) is 74.1 cm³/mol. The molecule has 1 aromatic carbocycles. The first-order chi connectivity index (χ1) is 8.90. The summed E-state index contributed by atoms with van der Waals surface area (Å²) < 4.78 is 26.4. The minimum Gasteiger partial charge on any atom is -0.366 e. The minimum atomic E-state index is -3.93. The number of aryl methyl sites for hydroxylation is 1. The van der Waals surface area contributed by atoms with Crippen LogP contribution in [0, 0.1) is 6.92 Å². The Hall–Kier alpha value is -1.79. The van der Waals surface area contributed by atoms with Crippen molar-refractivity contribution in [2.45, 2.75) is 11.8 Å². The molecule has 19 heavy (non-hydrogen) atoms. The van der Waals surface area contributed by atoms with E-state index in [2.05, 4.69) is 9.71 Å². The minimum absolute atomic E-state index is 0.304. The smallest absolute Gasteiger partial charge is 0.267 e. The summed E-state index contributed by atoms with van der Waals surface area (Å²) in [4.78, 5) is 13.7. The van der Waals surface area contributed by atoms with E-state index in [0.29, 0.717) is 10.7 Å². The van der Waals surface area contributed by atoms with E-state index in [-0.39, 0.29) is 4.90 Å². The largest absolute Gasteiger partial charge is 0.366 e. The predicted octanol–water partition coefficient (Wildman–Crippen LogP) is 2.14. The van der Waals surface area contributed by atoms with Crippen molar-refractivity contribution in [2.75, 3.05) is 4.72 Å². The number of halogens is 1. The Labute approximate surface area is 115 Å². The van der Waals surface area contributed by atoms with Gasteiger partial charge in [-0.05, 0) is 24.6 Å². The maximum atomic E-state index is 12.0. The number of nitrogens with one attached hydrogen (secondary N) is 2. The number of sulfonamides is 1. The zero-order chi connectivity index (χ0) is 14.0. The number of H-pyrrole nitrogens is 1. The first-order valence-electron chi connectivity index (χ1n) is 5.36. The number of rotatable bonds is 3. The van der Waals surface area contributed by atoms with Gasteiger partial charge in [-0.1, -0.05) is 17.7 Å². The highest BCUT2D eigenvalue weighted by Gasteiger charge is 2.17. The highest BCUT2D eigenvalue weighted by Crippen LogP contribution is 2.21. The van der Waals surface area contributed by atoms with Crippen molar-refractivity contribution in [2.24, 2.45) is 0 Å². The molecule has 0 aliphatic rings. The van der Waals surface area contributed by atoms with E-state index in [1.54, 1.807) is 12.1 Å². The lowest BCUT2D eigenvalue weighted by molar-refractivity contribution is 0.600. The number of aromatic nitrogens is 1. The summed E-state index contributed by atoms with van der Waals surface area (Å²) in [6.45, 7) is 1.81. The lowest BCUT2D eigenvalue weighted by Crippen LogP contribution is -2.20. The zero-order valence-electron chi connectivity index (χ0n) is 9.98. The summed E-state index contributed by atoms with van der Waals surface area (Å²) in [5, 5.41) is 0.446. The molecule has 0 aliphatic heterocycles. The summed E-state index contributed by atoms with van der Waals surface area (Å²) in [5.74, 6) is 0. The normalized spacial score (nSPS) is 11.3. The number of hydrogen-bond donors (Lipinski definition) is 2. The van der Waals surface area contributed by atoms with Gasteiger partial charge in [-0.3, -0.25) is 9.52 Å². The van der Waals surface area contributed by atoms with E-state index < -0.39 is 15.5 Å². The van der Waals surface area contributed by atoms with Crippen molar-refractivity contribution in [1.82, 2.24) is 4.98 Å². The van der Waals surface area contributed by atoms with Gasteiger partial charge in [0, 0.05) is 23.5 Å². The Bertz CT molecular complexity index is 769. The van der Waals surface area contributed by atoms with Crippen LogP contribution in [0.3, 0.4) is 0 Å². The van der Waals surface area contributed by atoms with Gasteiger partial charge >= 0.3 is 0 Å². The number of hydrogen-bond acceptors (Lipinski definition) is 3. The zero-order valence-corrected chi connectivity index (χ0v) is 11.5. The molecule has 0 spiro atoms. The fourth-order valence-corrected chi connectivity index (χ4v) is 2.76. The molecule has 0 amide bonds. The van der Waals surface area contributed by atoms with Gasteiger partial charge in [0.2, 0.25) is 5.43 Å². The van der Waals surface area contributed by atoms with Gasteiger partial charge < -0.3 is 4.98 Å². The van der Waals surface area contributed by atoms with Gasteiger partial charge in [0.25, 0.3) is 10.0 Å². The van der Waals surface area contributed by atoms with E-state index >= 15 is 0 Å². The van der Waals surface area contributed by atoms with Crippen LogP contribution in [0.15, 0.2) is 46.3 Å². The summed E-state index contributed by atoms with van der Waals surface area (Å²) in [5.41, 5.74) is 0.561. The molecule has 1 heterocycles. The third-order valence-electron chi connectivity index (χ3n) is 2.50. The molecule has 7 heteroatoms. The van der Waals surface area contributed by atoms with Crippen LogP contribution in [-0.4, -0.2) is 13.4 Å². The Morgan fingerprint density at radius 2 is 2.00 bits per heavy atom. The summed E-state index contributed by atoms with van der Waals surface area (Å²) in [6.07, 6.45) is 2.50. The monoisotopic (exact) mass is 298 g/mol. The third kappa shape index (κ3) is 2.97. The van der Waals surface area contributed by atoms with Crippen LogP contribution in [0.4, 0.5) is 5.69 Å². The lowest BCUT2D eigenvalue weighted by atomic mass is 10.2. The van der Waals surface area contributed by atoms with Crippen molar-refractivity contribution < 1.29 is 8.42 Å². The van der Waals surface area contributed by atoms with E-state index in [9.17, 15) is 13.2 Å². The third-order valence-corrected chi connectivity index (χ3v) is 4.31. The van der Waals surface area contributed by atoms with Crippen molar-refractivity contribution >= 4 is 27.3 Å². The molecule has 100 valence electrons. The summed E-state index contributed by atoms with van der Waals surface area (Å²) in [7, 11) is -3.93. The molecule has 1 aromatic heterocycles. The topological polar surface area (TPSA) is 79.0 Å². The van der Waals surface area contributed by atoms with Gasteiger partial charge in [-0.25, -0.2) is 8.42 Å². The van der Waals surface area contributed by atoms with Crippen LogP contribution < -0.4 is 10.2 Å². The van der Waals surface area contributed by atoms with Crippen molar-refractivity contribution in [3.8, 4) is 0 Å². The standard InChI is InChI=1S/C12H11ClN2O3S/c1-8-2-3-9(6-10(8)13)15-19(17,18)12-7-14-5-4-11(12)16/h2-7,15H,1H3,(H,14,16). The molecule has 0 saturated carbocycles. The van der Waals surface area contributed by atoms with Crippen LogP contribution in [0.25, 0.3) is 0 Å². The SMILES string of the molecule is Cc1ccc(NS(=O)(=O)c2c[nH]ccc2=O)cc1Cl. The summed E-state index contributed by atoms with van der Waals surface area (Å²) >= 11 is 5.92. The second-order valence-corrected chi connectivity index (χ2v) is 6.00. The fraction of sp³-hybridized carbons (Fsp3) is 0.0833. The molecule has 0 fully saturated rings. The molecular weight excluding hydrogens is 288 g/mol. The van der Waals surface area contributed by atoms with Crippen LogP contribution in [0.5, 0.6) is 0 Å². The molecule has 2 aromatic rings. The van der Waals surface area contributed by atoms with Crippen molar-refractivity contribution in [3.63, 3.8) is 0 Å². The maximum absolute atomic E-state index is 12.0. The number of aromatic amines is 1. The van der Waals surface area contributed by atoms with E-state index in [1.165, 1.54) is 12.3 Å². The molecule has 0 saturated heterocycles. The molecule has 0 atom stereocenters. The van der Waals surface area contributed by atoms with Gasteiger partial charge in [-0.15, -0.1) is 0 Å². The second kappa shape index (κ2) is 5.07. The first kappa shape index (κ1) is 13.6. The number of pyridine rings is 1. The average Bonchev–Trinajstić information content (AvgIpc) is 2.34. The summed E-state index contributed by atoms with van der Waals surface area (Å²) in [6, 6.07) is 5.91. The van der Waals surface area contributed by atoms with E-state index in [0.717, 1.165) is 17.8 Å². The van der Waals surface area contributed by atoms with Crippen LogP contribution in [0.2, 0.25) is 5.02 Å². The fourth-order valence-electron chi connectivity index (χ4n) is 1.48. The highest BCUT2D eigenvalue weighted by atomic mass is 35.5. The van der Waals surface area contributed by atoms with Crippen LogP contribution in [-0.2, 0) is 10.0 Å². The molecule has 0 radical (unpaired) electrons. The molecule has 0 aliphatic carbocycles. The van der Waals surface area contributed by atoms with Crippen LogP contribution in [0.1, 0.15) is 5.56 Å². The molecule has 5 nitrogen and oxygen atoms in total. The van der Waals surface area contributed by atoms with Gasteiger partial charge in [0.15, 0.2) is 4.90 Å². The first-order valence-corrected chi connectivity index (χ1v) is 7.22. The van der Waals surface area contributed by atoms with Crippen molar-refractivity contribution in [1.29, 1.82) is 0 Å². The quantitative estimate of drug-likeness (QED) is 0.911. The van der Waals surface area contributed by atoms with Gasteiger partial charge in [0.1, 0.15) is 0 Å². The Morgan fingerprint density at radius 1 is 1.26 bits per heavy atom. The van der Waals surface area contributed by atoms with E-state index in [1.807, 2.05) is 6.92 Å². The highest BCUT2D eigenvalue weighted by molar-refractivity contribution is 7.92. The number of benzene rings is 1. The Balaban J connectivity index is 2.40. The Morgan fingerprint density at radius 3 is 2.63 bits per heavy atom. The lowest BCUT2D eigenvalue weighted by Gasteiger charge is -2.08. The molecule has 0 bridgehead atoms. The molecular formula is C12H11ClN2O3S.